The Balaban J connectivity index is 6.19. The molecule has 0 bridgehead atoms. The van der Waals surface area contributed by atoms with Crippen molar-refractivity contribution in [1.29, 1.82) is 0 Å². The molecule has 0 radical (unpaired) electrons. The highest BCUT2D eigenvalue weighted by Crippen LogP contribution is 2.10. The Labute approximate surface area is 315 Å². The van der Waals surface area contributed by atoms with E-state index >= 15 is 0 Å². The van der Waals surface area contributed by atoms with Gasteiger partial charge >= 0.3 is 11.9 Å². The molecule has 0 saturated heterocycles. The van der Waals surface area contributed by atoms with Crippen LogP contribution in [0, 0.1) is 5.92 Å². The minimum atomic E-state index is -1.86. The maximum atomic E-state index is 13.4. The zero-order valence-corrected chi connectivity index (χ0v) is 30.8. The average Bonchev–Trinajstić information content (AvgIpc) is 3.07. The number of primary amides is 3. The molecule has 17 N–H and O–H groups in total. The van der Waals surface area contributed by atoms with Crippen LogP contribution in [-0.4, -0.2) is 129 Å². The smallest absolute Gasteiger partial charge is 0.328 e. The fourth-order valence-electron chi connectivity index (χ4n) is 4.62. The van der Waals surface area contributed by atoms with Crippen molar-refractivity contribution in [2.75, 3.05) is 0 Å². The van der Waals surface area contributed by atoms with Crippen LogP contribution in [0.3, 0.4) is 0 Å². The zero-order valence-electron chi connectivity index (χ0n) is 30.8. The van der Waals surface area contributed by atoms with E-state index in [0.717, 1.165) is 6.92 Å². The predicted octanol–water partition coefficient (Wildman–Crippen LogP) is -6.37. The minimum Gasteiger partial charge on any atom is -0.481 e. The van der Waals surface area contributed by atoms with E-state index in [4.69, 9.17) is 28.0 Å². The highest BCUT2D eigenvalue weighted by atomic mass is 16.4. The van der Waals surface area contributed by atoms with Gasteiger partial charge in [0.15, 0.2) is 6.04 Å². The van der Waals surface area contributed by atoms with Crippen LogP contribution in [0.15, 0.2) is 0 Å². The number of carboxylic acid groups (broad SMARTS) is 2. The summed E-state index contributed by atoms with van der Waals surface area (Å²) in [6.45, 7) is 5.55. The second kappa shape index (κ2) is 23.7. The van der Waals surface area contributed by atoms with Crippen molar-refractivity contribution in [3.05, 3.63) is 0 Å². The van der Waals surface area contributed by atoms with Crippen molar-refractivity contribution >= 4 is 65.1 Å². The van der Waals surface area contributed by atoms with E-state index in [1.54, 1.807) is 13.8 Å². The van der Waals surface area contributed by atoms with Crippen molar-refractivity contribution in [3.63, 3.8) is 0 Å². The second-order valence-electron chi connectivity index (χ2n) is 12.7. The van der Waals surface area contributed by atoms with Gasteiger partial charge in [-0.25, -0.2) is 4.79 Å². The Kier molecular flexibility index (Phi) is 21.1. The van der Waals surface area contributed by atoms with Gasteiger partial charge in [-0.15, -0.1) is 0 Å². The second-order valence-corrected chi connectivity index (χ2v) is 12.7. The van der Waals surface area contributed by atoms with Crippen molar-refractivity contribution in [2.24, 2.45) is 28.9 Å². The van der Waals surface area contributed by atoms with E-state index in [1.807, 2.05) is 5.32 Å². The Bertz CT molecular complexity index is 1460. The molecule has 0 unspecified atom stereocenters. The Morgan fingerprint density at radius 2 is 0.982 bits per heavy atom. The minimum absolute atomic E-state index is 0.351. The van der Waals surface area contributed by atoms with Gasteiger partial charge in [0.1, 0.15) is 30.2 Å². The van der Waals surface area contributed by atoms with Crippen LogP contribution in [-0.2, 0) is 52.7 Å². The Morgan fingerprint density at radius 1 is 0.545 bits per heavy atom. The number of carboxylic acids is 2. The van der Waals surface area contributed by atoms with Gasteiger partial charge in [0.2, 0.25) is 53.2 Å². The lowest BCUT2D eigenvalue weighted by molar-refractivity contribution is -0.145. The highest BCUT2D eigenvalue weighted by molar-refractivity contribution is 5.98. The van der Waals surface area contributed by atoms with Crippen LogP contribution in [0.2, 0.25) is 0 Å². The van der Waals surface area contributed by atoms with Crippen LogP contribution in [0.4, 0.5) is 0 Å². The SMILES string of the molecule is CC[C@H](C)[C@H](NC(=O)[C@@H](N)CC(=O)O)C(=O)N[C@@H](C)C(=O)N[C@@H](CCC(N)=O)C(=O)N[C@@H](CC(N)=O)C(=O)N[C@@H](CCC(N)=O)C(=O)N[C@H](C(=O)O)[C@@H](C)O. The number of aliphatic carboxylic acids is 2. The third-order valence-electron chi connectivity index (χ3n) is 7.99. The molecule has 0 saturated carbocycles. The summed E-state index contributed by atoms with van der Waals surface area (Å²) in [4.78, 5) is 136. The van der Waals surface area contributed by atoms with Gasteiger partial charge in [-0.3, -0.25) is 47.9 Å². The number of hydrogen-bond acceptors (Lipinski definition) is 13. The van der Waals surface area contributed by atoms with Crippen LogP contribution < -0.4 is 54.8 Å². The number of carbonyl (C=O) groups is 11. The Morgan fingerprint density at radius 3 is 1.40 bits per heavy atom. The van der Waals surface area contributed by atoms with E-state index in [0.29, 0.717) is 6.42 Å². The van der Waals surface area contributed by atoms with Crippen molar-refractivity contribution in [2.45, 2.75) is 121 Å². The van der Waals surface area contributed by atoms with E-state index in [2.05, 4.69) is 26.6 Å². The summed E-state index contributed by atoms with van der Waals surface area (Å²) in [5, 5.41) is 41.3. The maximum absolute atomic E-state index is 13.4. The molecular formula is C31H52N10O14. The van der Waals surface area contributed by atoms with Gasteiger partial charge in [0, 0.05) is 12.8 Å². The molecule has 310 valence electrons. The third-order valence-corrected chi connectivity index (χ3v) is 7.99. The van der Waals surface area contributed by atoms with Gasteiger partial charge in [-0.05, 0) is 32.6 Å². The number of rotatable bonds is 26. The average molecular weight is 789 g/mol. The summed E-state index contributed by atoms with van der Waals surface area (Å²) < 4.78 is 0. The highest BCUT2D eigenvalue weighted by Gasteiger charge is 2.35. The first-order valence-corrected chi connectivity index (χ1v) is 17.0. The molecule has 0 fully saturated rings. The largest absolute Gasteiger partial charge is 0.481 e. The molecule has 0 aromatic carbocycles. The molecule has 0 aliphatic heterocycles. The van der Waals surface area contributed by atoms with Crippen molar-refractivity contribution in [1.82, 2.24) is 31.9 Å². The molecule has 0 spiro atoms. The zero-order chi connectivity index (χ0) is 42.7. The number of aliphatic hydroxyl groups excluding tert-OH is 1. The van der Waals surface area contributed by atoms with Gasteiger partial charge in [-0.1, -0.05) is 20.3 Å². The quantitative estimate of drug-likeness (QED) is 0.0388. The summed E-state index contributed by atoms with van der Waals surface area (Å²) >= 11 is 0. The fraction of sp³-hybridized carbons (Fsp3) is 0.645. The van der Waals surface area contributed by atoms with Crippen LogP contribution in [0.1, 0.15) is 72.6 Å². The van der Waals surface area contributed by atoms with Crippen LogP contribution >= 0.6 is 0 Å². The van der Waals surface area contributed by atoms with Crippen LogP contribution in [0.25, 0.3) is 0 Å². The molecule has 0 aromatic heterocycles. The monoisotopic (exact) mass is 788 g/mol. The summed E-state index contributed by atoms with van der Waals surface area (Å²) in [6, 6.07) is -11.2. The van der Waals surface area contributed by atoms with E-state index in [-0.39, 0.29) is 0 Å². The normalized spacial score (nSPS) is 15.7. The fourth-order valence-corrected chi connectivity index (χ4v) is 4.62. The van der Waals surface area contributed by atoms with Crippen molar-refractivity contribution in [3.8, 4) is 0 Å². The molecule has 9 atom stereocenters. The van der Waals surface area contributed by atoms with E-state index in [9.17, 15) is 63.0 Å². The summed E-state index contributed by atoms with van der Waals surface area (Å²) in [7, 11) is 0. The molecule has 24 nitrogen and oxygen atoms in total. The summed E-state index contributed by atoms with van der Waals surface area (Å²) in [6.07, 6.45) is -4.82. The molecular weight excluding hydrogens is 736 g/mol. The van der Waals surface area contributed by atoms with Gasteiger partial charge in [0.25, 0.3) is 0 Å². The first-order valence-electron chi connectivity index (χ1n) is 17.0. The van der Waals surface area contributed by atoms with Gasteiger partial charge in [-0.2, -0.15) is 0 Å². The lowest BCUT2D eigenvalue weighted by Crippen LogP contribution is -2.60. The summed E-state index contributed by atoms with van der Waals surface area (Å²) in [5.41, 5.74) is 21.2. The first-order chi connectivity index (χ1) is 25.4. The molecule has 9 amide bonds. The number of amides is 9. The van der Waals surface area contributed by atoms with E-state index < -0.39 is 158 Å². The number of carbonyl (C=O) groups excluding carboxylic acids is 9. The predicted molar refractivity (Wildman–Crippen MR) is 187 cm³/mol. The standard InChI is InChI=1S/C31H52N10O14/c1-5-12(2)23(40-26(49)15(32)10-22(46)47)30(53)36-13(3)25(48)37-16(6-8-19(33)43)27(50)39-18(11-21(35)45)29(52)38-17(7-9-20(34)44)28(51)41-24(14(4)42)31(54)55/h12-18,23-24,42H,5-11,32H2,1-4H3,(H2,33,43)(H2,34,44)(H2,35,45)(H,36,53)(H,37,48)(H,38,52)(H,39,50)(H,40,49)(H,41,51)(H,46,47)(H,54,55)/t12-,13-,14+,15-,16-,17-,18-,23-,24-/m0/s1. The van der Waals surface area contributed by atoms with Crippen LogP contribution in [0.5, 0.6) is 0 Å². The molecule has 0 aliphatic rings. The Hall–Kier alpha value is -5.91. The maximum Gasteiger partial charge on any atom is 0.328 e. The lowest BCUT2D eigenvalue weighted by Gasteiger charge is -2.27. The van der Waals surface area contributed by atoms with Gasteiger partial charge in [0.05, 0.1) is 25.0 Å². The lowest BCUT2D eigenvalue weighted by atomic mass is 9.97. The molecule has 24 heteroatoms. The number of nitrogens with one attached hydrogen (secondary N) is 6. The molecule has 0 aromatic rings. The number of aliphatic hydroxyl groups is 1. The third kappa shape index (κ3) is 18.6. The molecule has 0 aliphatic carbocycles. The number of nitrogens with two attached hydrogens (primary N) is 4. The first kappa shape index (κ1) is 49.1. The number of hydrogen-bond donors (Lipinski definition) is 13. The molecule has 55 heavy (non-hydrogen) atoms. The molecule has 0 rings (SSSR count). The van der Waals surface area contributed by atoms with Gasteiger partial charge < -0.3 is 70.2 Å². The van der Waals surface area contributed by atoms with E-state index in [1.165, 1.54) is 6.92 Å². The summed E-state index contributed by atoms with van der Waals surface area (Å²) in [5.74, 6) is -12.9. The molecule has 0 heterocycles. The van der Waals surface area contributed by atoms with Crippen molar-refractivity contribution < 1.29 is 68.1 Å². The topological polar surface area (TPSA) is 425 Å².